The van der Waals surface area contributed by atoms with Crippen LogP contribution in [0, 0.1) is 6.92 Å². The van der Waals surface area contributed by atoms with E-state index >= 15 is 0 Å². The third-order valence-electron chi connectivity index (χ3n) is 4.12. The van der Waals surface area contributed by atoms with E-state index in [0.717, 1.165) is 5.56 Å². The van der Waals surface area contributed by atoms with Gasteiger partial charge in [0.1, 0.15) is 5.75 Å². The molecule has 0 radical (unpaired) electrons. The third kappa shape index (κ3) is 5.03. The van der Waals surface area contributed by atoms with Crippen LogP contribution in [-0.4, -0.2) is 36.9 Å². The molecule has 162 valence electrons. The first-order valence-electron chi connectivity index (χ1n) is 9.27. The molecule has 2 aromatic rings. The number of amides is 1. The van der Waals surface area contributed by atoms with Crippen molar-refractivity contribution in [3.05, 3.63) is 59.7 Å². The van der Waals surface area contributed by atoms with E-state index in [9.17, 15) is 22.8 Å². The summed E-state index contributed by atoms with van der Waals surface area (Å²) >= 11 is 0. The summed E-state index contributed by atoms with van der Waals surface area (Å²) in [5.74, 6) is -2.74. The van der Waals surface area contributed by atoms with Crippen molar-refractivity contribution in [3.8, 4) is 5.75 Å². The van der Waals surface area contributed by atoms with Gasteiger partial charge in [-0.25, -0.2) is 4.79 Å². The number of hydrogen-bond acceptors (Lipinski definition) is 5. The summed E-state index contributed by atoms with van der Waals surface area (Å²) < 4.78 is 52.7. The van der Waals surface area contributed by atoms with Gasteiger partial charge in [-0.2, -0.15) is 13.2 Å². The molecule has 2 N–H and O–H groups in total. The largest absolute Gasteiger partial charge is 0.493 e. The van der Waals surface area contributed by atoms with Gasteiger partial charge in [0.2, 0.25) is 0 Å². The van der Waals surface area contributed by atoms with Gasteiger partial charge in [0, 0.05) is 5.69 Å². The van der Waals surface area contributed by atoms with Gasteiger partial charge in [-0.3, -0.25) is 4.79 Å². The quantitative estimate of drug-likeness (QED) is 0.494. The van der Waals surface area contributed by atoms with Gasteiger partial charge in [-0.05, 0) is 45.0 Å². The van der Waals surface area contributed by atoms with Crippen molar-refractivity contribution in [1.82, 2.24) is 5.32 Å². The molecule has 0 heterocycles. The van der Waals surface area contributed by atoms with Crippen molar-refractivity contribution >= 4 is 17.6 Å². The smallest absolute Gasteiger partial charge is 0.441 e. The summed E-state index contributed by atoms with van der Waals surface area (Å²) in [7, 11) is 0. The zero-order chi connectivity index (χ0) is 22.4. The summed E-state index contributed by atoms with van der Waals surface area (Å²) in [5.41, 5.74) is -2.87. The molecule has 30 heavy (non-hydrogen) atoms. The lowest BCUT2D eigenvalue weighted by Gasteiger charge is -2.35. The number of alkyl halides is 3. The maximum atomic E-state index is 14.2. The lowest BCUT2D eigenvalue weighted by molar-refractivity contribution is -0.204. The van der Waals surface area contributed by atoms with Crippen molar-refractivity contribution in [3.63, 3.8) is 0 Å². The van der Waals surface area contributed by atoms with Crippen molar-refractivity contribution in [1.29, 1.82) is 0 Å². The molecule has 0 aliphatic carbocycles. The average Bonchev–Trinajstić information content (AvgIpc) is 2.69. The molecule has 0 aliphatic rings. The van der Waals surface area contributed by atoms with E-state index in [1.54, 1.807) is 37.4 Å². The SMILES string of the molecule is CCOC(=O)[C@](NC(=O)c1ccccc1OCC)(Nc1ccc(C)cc1)C(F)(F)F. The first kappa shape index (κ1) is 23.1. The lowest BCUT2D eigenvalue weighted by atomic mass is 10.1. The number of hydrogen-bond donors (Lipinski definition) is 2. The molecule has 0 fully saturated rings. The average molecular weight is 424 g/mol. The number of nitrogens with one attached hydrogen (secondary N) is 2. The Morgan fingerprint density at radius 2 is 1.60 bits per heavy atom. The monoisotopic (exact) mass is 424 g/mol. The number of benzene rings is 2. The number of para-hydroxylation sites is 1. The Labute approximate surface area is 172 Å². The molecular weight excluding hydrogens is 401 g/mol. The highest BCUT2D eigenvalue weighted by molar-refractivity contribution is 6.01. The second-order valence-electron chi connectivity index (χ2n) is 6.34. The summed E-state index contributed by atoms with van der Waals surface area (Å²) in [6.07, 6.45) is -5.22. The number of carbonyl (C=O) groups excluding carboxylic acids is 2. The van der Waals surface area contributed by atoms with Crippen LogP contribution in [0.1, 0.15) is 29.8 Å². The zero-order valence-corrected chi connectivity index (χ0v) is 16.8. The Morgan fingerprint density at radius 3 is 2.17 bits per heavy atom. The van der Waals surface area contributed by atoms with Crippen molar-refractivity contribution in [2.24, 2.45) is 0 Å². The Kier molecular flexibility index (Phi) is 7.31. The maximum Gasteiger partial charge on any atom is 0.441 e. The van der Waals surface area contributed by atoms with E-state index in [-0.39, 0.29) is 30.2 Å². The summed E-state index contributed by atoms with van der Waals surface area (Å²) in [6.45, 7) is 4.70. The Hall–Kier alpha value is -3.23. The highest BCUT2D eigenvalue weighted by Gasteiger charge is 2.63. The van der Waals surface area contributed by atoms with Gasteiger partial charge >= 0.3 is 17.8 Å². The molecule has 0 aliphatic heterocycles. The molecule has 1 atom stereocenters. The van der Waals surface area contributed by atoms with Crippen LogP contribution in [0.25, 0.3) is 0 Å². The summed E-state index contributed by atoms with van der Waals surface area (Å²) in [4.78, 5) is 25.3. The Balaban J connectivity index is 2.52. The molecule has 0 spiro atoms. The minimum absolute atomic E-state index is 0.0237. The molecule has 1 amide bonds. The molecule has 9 heteroatoms. The Morgan fingerprint density at radius 1 is 0.967 bits per heavy atom. The van der Waals surface area contributed by atoms with E-state index in [2.05, 4.69) is 10.1 Å². The first-order valence-corrected chi connectivity index (χ1v) is 9.27. The van der Waals surface area contributed by atoms with Crippen LogP contribution in [0.5, 0.6) is 5.75 Å². The fourth-order valence-corrected chi connectivity index (χ4v) is 2.66. The molecule has 2 rings (SSSR count). The fraction of sp³-hybridized carbons (Fsp3) is 0.333. The molecule has 6 nitrogen and oxygen atoms in total. The number of ether oxygens (including phenoxy) is 2. The summed E-state index contributed by atoms with van der Waals surface area (Å²) in [5, 5.41) is 3.93. The molecule has 0 aromatic heterocycles. The van der Waals surface area contributed by atoms with Crippen LogP contribution in [-0.2, 0) is 9.53 Å². The van der Waals surface area contributed by atoms with Crippen LogP contribution >= 0.6 is 0 Å². The second-order valence-corrected chi connectivity index (χ2v) is 6.34. The minimum atomic E-state index is -5.22. The van der Waals surface area contributed by atoms with E-state index < -0.39 is 23.7 Å². The van der Waals surface area contributed by atoms with Crippen LogP contribution in [0.4, 0.5) is 18.9 Å². The number of halogens is 3. The van der Waals surface area contributed by atoms with Crippen LogP contribution in [0.2, 0.25) is 0 Å². The van der Waals surface area contributed by atoms with Crippen molar-refractivity contribution < 1.29 is 32.2 Å². The second kappa shape index (κ2) is 9.51. The van der Waals surface area contributed by atoms with Crippen molar-refractivity contribution in [2.45, 2.75) is 32.6 Å². The highest BCUT2D eigenvalue weighted by Crippen LogP contribution is 2.34. The van der Waals surface area contributed by atoms with E-state index in [4.69, 9.17) is 4.74 Å². The third-order valence-corrected chi connectivity index (χ3v) is 4.12. The molecule has 2 aromatic carbocycles. The number of aryl methyl sites for hydroxylation is 1. The van der Waals surface area contributed by atoms with Crippen molar-refractivity contribution in [2.75, 3.05) is 18.5 Å². The molecular formula is C21H23F3N2O4. The summed E-state index contributed by atoms with van der Waals surface area (Å²) in [6, 6.07) is 11.7. The normalized spacial score (nSPS) is 13.1. The number of esters is 1. The van der Waals surface area contributed by atoms with E-state index in [0.29, 0.717) is 0 Å². The molecule has 0 saturated heterocycles. The molecule has 0 unspecified atom stereocenters. The van der Waals surface area contributed by atoms with Gasteiger partial charge in [0.15, 0.2) is 0 Å². The van der Waals surface area contributed by atoms with Gasteiger partial charge in [0.25, 0.3) is 5.91 Å². The van der Waals surface area contributed by atoms with Gasteiger partial charge in [-0.15, -0.1) is 0 Å². The number of rotatable bonds is 8. The van der Waals surface area contributed by atoms with Gasteiger partial charge in [-0.1, -0.05) is 29.8 Å². The maximum absolute atomic E-state index is 14.2. The van der Waals surface area contributed by atoms with E-state index in [1.807, 2.05) is 0 Å². The zero-order valence-electron chi connectivity index (χ0n) is 16.8. The number of carbonyl (C=O) groups is 2. The minimum Gasteiger partial charge on any atom is -0.493 e. The Bertz CT molecular complexity index is 885. The molecule has 0 bridgehead atoms. The predicted molar refractivity (Wildman–Crippen MR) is 105 cm³/mol. The van der Waals surface area contributed by atoms with Gasteiger partial charge in [0.05, 0.1) is 18.8 Å². The van der Waals surface area contributed by atoms with Crippen LogP contribution in [0.15, 0.2) is 48.5 Å². The van der Waals surface area contributed by atoms with Crippen LogP contribution in [0.3, 0.4) is 0 Å². The van der Waals surface area contributed by atoms with Gasteiger partial charge < -0.3 is 20.1 Å². The predicted octanol–water partition coefficient (Wildman–Crippen LogP) is 4.06. The lowest BCUT2D eigenvalue weighted by Crippen LogP contribution is -2.69. The van der Waals surface area contributed by atoms with Crippen LogP contribution < -0.4 is 15.4 Å². The molecule has 0 saturated carbocycles. The topological polar surface area (TPSA) is 76.7 Å². The first-order chi connectivity index (χ1) is 14.1. The standard InChI is InChI=1S/C21H23F3N2O4/c1-4-29-17-9-7-6-8-16(17)18(27)26-20(21(22,23)24,19(28)30-5-2)25-15-12-10-14(3)11-13-15/h6-13,25H,4-5H2,1-3H3,(H,26,27)/t20-/m1/s1. The number of anilines is 1. The fourth-order valence-electron chi connectivity index (χ4n) is 2.66. The highest BCUT2D eigenvalue weighted by atomic mass is 19.4. The van der Waals surface area contributed by atoms with E-state index in [1.165, 1.54) is 37.3 Å².